The zero-order valence-electron chi connectivity index (χ0n) is 15.8. The monoisotopic (exact) mass is 366 g/mol. The van der Waals surface area contributed by atoms with E-state index < -0.39 is 18.1 Å². The van der Waals surface area contributed by atoms with Crippen molar-refractivity contribution < 1.29 is 29.3 Å². The molecule has 0 spiro atoms. The van der Waals surface area contributed by atoms with Gasteiger partial charge in [-0.1, -0.05) is 25.5 Å². The molecule has 26 heavy (non-hydrogen) atoms. The Hall–Kier alpha value is -1.66. The molecule has 0 aromatic rings. The first-order chi connectivity index (χ1) is 12.3. The summed E-state index contributed by atoms with van der Waals surface area (Å²) in [6.07, 6.45) is 5.09. The van der Waals surface area contributed by atoms with Crippen LogP contribution < -0.4 is 0 Å². The van der Waals surface area contributed by atoms with Gasteiger partial charge in [0, 0.05) is 13.0 Å². The highest BCUT2D eigenvalue weighted by Gasteiger charge is 2.47. The molecular formula is C20H30O6. The zero-order chi connectivity index (χ0) is 19.3. The highest BCUT2D eigenvalue weighted by Crippen LogP contribution is 2.37. The standard InChI is InChI=1S/C20H30O6/c1-12-5-4-6-15(11-22)9-17-19(14(3)20(24)26-17)16(7-12)25-18(23)8-13(2)10-21/h5,9,13-14,16-17,19,21-22H,4,6-8,10-11H2,1-3H3/b12-5+,15-9-/t13?,14-,16+,17-,19-/m1/s1. The molecule has 6 nitrogen and oxygen atoms in total. The van der Waals surface area contributed by atoms with Gasteiger partial charge >= 0.3 is 11.9 Å². The average molecular weight is 366 g/mol. The largest absolute Gasteiger partial charge is 0.462 e. The van der Waals surface area contributed by atoms with Crippen LogP contribution >= 0.6 is 0 Å². The molecule has 2 rings (SSSR count). The van der Waals surface area contributed by atoms with Gasteiger partial charge in [0.1, 0.15) is 12.2 Å². The summed E-state index contributed by atoms with van der Waals surface area (Å²) >= 11 is 0. The molecule has 0 saturated carbocycles. The number of hydrogen-bond donors (Lipinski definition) is 2. The van der Waals surface area contributed by atoms with Crippen LogP contribution in [0.4, 0.5) is 0 Å². The van der Waals surface area contributed by atoms with E-state index in [2.05, 4.69) is 6.08 Å². The molecule has 0 aromatic carbocycles. The summed E-state index contributed by atoms with van der Waals surface area (Å²) in [4.78, 5) is 24.5. The number of aliphatic hydroxyl groups is 2. The molecule has 1 saturated heterocycles. The van der Waals surface area contributed by atoms with Crippen LogP contribution in [0.5, 0.6) is 0 Å². The Bertz CT molecular complexity index is 579. The van der Waals surface area contributed by atoms with Gasteiger partial charge in [0.15, 0.2) is 0 Å². The Morgan fingerprint density at radius 1 is 1.42 bits per heavy atom. The van der Waals surface area contributed by atoms with Crippen molar-refractivity contribution in [2.45, 2.75) is 58.7 Å². The quantitative estimate of drug-likeness (QED) is 0.572. The Labute approximate surface area is 154 Å². The number of carbonyl (C=O) groups excluding carboxylic acids is 2. The molecule has 0 amide bonds. The lowest BCUT2D eigenvalue weighted by Gasteiger charge is -2.29. The molecule has 0 aromatic heterocycles. The van der Waals surface area contributed by atoms with E-state index >= 15 is 0 Å². The molecule has 2 N–H and O–H groups in total. The highest BCUT2D eigenvalue weighted by atomic mass is 16.6. The van der Waals surface area contributed by atoms with E-state index in [0.29, 0.717) is 12.8 Å². The minimum absolute atomic E-state index is 0.0780. The number of aliphatic hydroxyl groups excluding tert-OH is 2. The molecule has 146 valence electrons. The van der Waals surface area contributed by atoms with Crippen LogP contribution in [0.25, 0.3) is 0 Å². The fourth-order valence-electron chi connectivity index (χ4n) is 3.61. The molecule has 1 heterocycles. The van der Waals surface area contributed by atoms with Crippen LogP contribution in [0, 0.1) is 17.8 Å². The fraction of sp³-hybridized carbons (Fsp3) is 0.700. The number of carbonyl (C=O) groups is 2. The van der Waals surface area contributed by atoms with Crippen LogP contribution in [0.2, 0.25) is 0 Å². The number of esters is 2. The molecular weight excluding hydrogens is 336 g/mol. The van der Waals surface area contributed by atoms with E-state index in [9.17, 15) is 14.7 Å². The van der Waals surface area contributed by atoms with Crippen LogP contribution in [0.1, 0.15) is 46.5 Å². The summed E-state index contributed by atoms with van der Waals surface area (Å²) in [5.41, 5.74) is 1.91. The number of rotatable bonds is 5. The molecule has 0 bridgehead atoms. The summed E-state index contributed by atoms with van der Waals surface area (Å²) in [5.74, 6) is -1.54. The van der Waals surface area contributed by atoms with Gasteiger partial charge in [0.05, 0.1) is 24.9 Å². The minimum atomic E-state index is -0.501. The topological polar surface area (TPSA) is 93.1 Å². The van der Waals surface area contributed by atoms with Crippen molar-refractivity contribution >= 4 is 11.9 Å². The second-order valence-corrected chi connectivity index (χ2v) is 7.56. The maximum atomic E-state index is 12.3. The fourth-order valence-corrected chi connectivity index (χ4v) is 3.61. The van der Waals surface area contributed by atoms with Crippen molar-refractivity contribution in [1.82, 2.24) is 0 Å². The third-order valence-corrected chi connectivity index (χ3v) is 5.20. The third kappa shape index (κ3) is 5.17. The molecule has 1 aliphatic heterocycles. The van der Waals surface area contributed by atoms with Gasteiger partial charge in [-0.3, -0.25) is 9.59 Å². The summed E-state index contributed by atoms with van der Waals surface area (Å²) in [5, 5.41) is 18.7. The van der Waals surface area contributed by atoms with Gasteiger partial charge in [-0.2, -0.15) is 0 Å². The van der Waals surface area contributed by atoms with E-state index in [1.54, 1.807) is 13.8 Å². The number of ether oxygens (including phenoxy) is 2. The predicted octanol–water partition coefficient (Wildman–Crippen LogP) is 2.14. The van der Waals surface area contributed by atoms with Crippen LogP contribution in [0.3, 0.4) is 0 Å². The molecule has 2 aliphatic rings. The van der Waals surface area contributed by atoms with Gasteiger partial charge in [0.2, 0.25) is 0 Å². The molecule has 5 atom stereocenters. The van der Waals surface area contributed by atoms with Gasteiger partial charge in [0.25, 0.3) is 0 Å². The third-order valence-electron chi connectivity index (χ3n) is 5.20. The molecule has 1 fully saturated rings. The first kappa shape index (κ1) is 20.6. The normalized spacial score (nSPS) is 34.6. The van der Waals surface area contributed by atoms with Crippen molar-refractivity contribution in [3.63, 3.8) is 0 Å². The summed E-state index contributed by atoms with van der Waals surface area (Å²) in [6, 6.07) is 0. The van der Waals surface area contributed by atoms with E-state index in [-0.39, 0.29) is 43.4 Å². The Morgan fingerprint density at radius 3 is 2.81 bits per heavy atom. The Balaban J connectivity index is 2.29. The second-order valence-electron chi connectivity index (χ2n) is 7.56. The molecule has 1 unspecified atom stereocenters. The van der Waals surface area contributed by atoms with E-state index in [1.807, 2.05) is 13.0 Å². The molecule has 6 heteroatoms. The Kier molecular flexibility index (Phi) is 7.41. The lowest BCUT2D eigenvalue weighted by molar-refractivity contribution is -0.154. The van der Waals surface area contributed by atoms with Crippen LogP contribution in [0.15, 0.2) is 23.3 Å². The minimum Gasteiger partial charge on any atom is -0.462 e. The molecule has 1 aliphatic carbocycles. The van der Waals surface area contributed by atoms with Crippen LogP contribution in [-0.4, -0.2) is 47.6 Å². The number of allylic oxidation sites excluding steroid dienone is 1. The SMILES string of the molecule is C/C1=C\CC/C(CO)=C/[C@H]2OC(=O)[C@H](C)[C@@H]2[C@@H](OC(=O)CC(C)CO)C1. The second kappa shape index (κ2) is 9.33. The summed E-state index contributed by atoms with van der Waals surface area (Å²) in [7, 11) is 0. The van der Waals surface area contributed by atoms with Crippen molar-refractivity contribution in [2.75, 3.05) is 13.2 Å². The average Bonchev–Trinajstić information content (AvgIpc) is 2.86. The van der Waals surface area contributed by atoms with Gasteiger partial charge in [-0.15, -0.1) is 0 Å². The smallest absolute Gasteiger partial charge is 0.309 e. The summed E-state index contributed by atoms with van der Waals surface area (Å²) in [6.45, 7) is 5.40. The van der Waals surface area contributed by atoms with Crippen molar-refractivity contribution in [1.29, 1.82) is 0 Å². The molecule has 0 radical (unpaired) electrons. The maximum Gasteiger partial charge on any atom is 0.309 e. The van der Waals surface area contributed by atoms with Crippen LogP contribution in [-0.2, 0) is 19.1 Å². The number of fused-ring (bicyclic) bond motifs is 1. The van der Waals surface area contributed by atoms with Gasteiger partial charge < -0.3 is 19.7 Å². The summed E-state index contributed by atoms with van der Waals surface area (Å²) < 4.78 is 11.3. The van der Waals surface area contributed by atoms with E-state index in [4.69, 9.17) is 14.6 Å². The predicted molar refractivity (Wildman–Crippen MR) is 96.1 cm³/mol. The number of hydrogen-bond acceptors (Lipinski definition) is 6. The van der Waals surface area contributed by atoms with E-state index in [0.717, 1.165) is 17.6 Å². The first-order valence-corrected chi connectivity index (χ1v) is 9.32. The first-order valence-electron chi connectivity index (χ1n) is 9.32. The lowest BCUT2D eigenvalue weighted by atomic mass is 9.82. The van der Waals surface area contributed by atoms with E-state index in [1.165, 1.54) is 0 Å². The van der Waals surface area contributed by atoms with Gasteiger partial charge in [-0.25, -0.2) is 0 Å². The Morgan fingerprint density at radius 2 is 2.15 bits per heavy atom. The van der Waals surface area contributed by atoms with Crippen molar-refractivity contribution in [3.8, 4) is 0 Å². The maximum absolute atomic E-state index is 12.3. The van der Waals surface area contributed by atoms with Crippen molar-refractivity contribution in [3.05, 3.63) is 23.3 Å². The zero-order valence-corrected chi connectivity index (χ0v) is 15.8. The van der Waals surface area contributed by atoms with Gasteiger partial charge in [-0.05, 0) is 37.3 Å². The van der Waals surface area contributed by atoms with Crippen molar-refractivity contribution in [2.24, 2.45) is 17.8 Å². The highest BCUT2D eigenvalue weighted by molar-refractivity contribution is 5.76. The lowest BCUT2D eigenvalue weighted by Crippen LogP contribution is -2.36.